The molecule has 0 saturated heterocycles. The van der Waals surface area contributed by atoms with Gasteiger partial charge in [0.2, 0.25) is 5.91 Å². The SMILES string of the molecule is CCOCC(CNC(=O)CCCCC(=O)CBr)(COCC)COCCCC(C)=O. The molecule has 0 aliphatic carbocycles. The fourth-order valence-corrected chi connectivity index (χ4v) is 2.96. The number of amides is 1. The van der Waals surface area contributed by atoms with E-state index in [4.69, 9.17) is 14.2 Å². The lowest BCUT2D eigenvalue weighted by Gasteiger charge is -2.33. The molecule has 0 radical (unpaired) electrons. The average Bonchev–Trinajstić information content (AvgIpc) is 2.71. The minimum Gasteiger partial charge on any atom is -0.381 e. The number of rotatable bonds is 20. The number of ether oxygens (including phenoxy) is 3. The third-order valence-electron chi connectivity index (χ3n) is 4.37. The maximum absolute atomic E-state index is 12.2. The first-order chi connectivity index (χ1) is 13.9. The van der Waals surface area contributed by atoms with Crippen molar-refractivity contribution in [2.45, 2.75) is 59.3 Å². The summed E-state index contributed by atoms with van der Waals surface area (Å²) >= 11 is 3.14. The number of carbonyl (C=O) groups is 3. The summed E-state index contributed by atoms with van der Waals surface area (Å²) in [4.78, 5) is 34.6. The lowest BCUT2D eigenvalue weighted by molar-refractivity contribution is -0.124. The fraction of sp³-hybridized carbons (Fsp3) is 0.857. The third-order valence-corrected chi connectivity index (χ3v) is 4.99. The number of hydrogen-bond acceptors (Lipinski definition) is 6. The molecule has 7 nitrogen and oxygen atoms in total. The van der Waals surface area contributed by atoms with Crippen LogP contribution in [-0.4, -0.2) is 69.0 Å². The van der Waals surface area contributed by atoms with E-state index in [0.29, 0.717) is 90.0 Å². The van der Waals surface area contributed by atoms with Crippen LogP contribution in [0.1, 0.15) is 59.3 Å². The molecular weight excluding hydrogens is 442 g/mol. The molecule has 0 aromatic rings. The van der Waals surface area contributed by atoms with Gasteiger partial charge in [-0.15, -0.1) is 0 Å². The largest absolute Gasteiger partial charge is 0.381 e. The van der Waals surface area contributed by atoms with Crippen LogP contribution in [0.2, 0.25) is 0 Å². The maximum Gasteiger partial charge on any atom is 0.220 e. The van der Waals surface area contributed by atoms with Crippen molar-refractivity contribution in [1.82, 2.24) is 5.32 Å². The molecular formula is C21H38BrNO6. The first kappa shape index (κ1) is 28.2. The summed E-state index contributed by atoms with van der Waals surface area (Å²) in [6.45, 7) is 8.62. The van der Waals surface area contributed by atoms with Crippen LogP contribution >= 0.6 is 15.9 Å². The molecule has 1 N–H and O–H groups in total. The quantitative estimate of drug-likeness (QED) is 0.213. The summed E-state index contributed by atoms with van der Waals surface area (Å²) in [5.41, 5.74) is -0.482. The Morgan fingerprint density at radius 3 is 2.00 bits per heavy atom. The van der Waals surface area contributed by atoms with Gasteiger partial charge in [0, 0.05) is 45.6 Å². The van der Waals surface area contributed by atoms with E-state index in [1.54, 1.807) is 6.92 Å². The van der Waals surface area contributed by atoms with E-state index in [1.807, 2.05) is 13.8 Å². The zero-order valence-electron chi connectivity index (χ0n) is 18.2. The number of alkyl halides is 1. The van der Waals surface area contributed by atoms with Gasteiger partial charge in [-0.3, -0.25) is 9.59 Å². The van der Waals surface area contributed by atoms with Crippen molar-refractivity contribution in [1.29, 1.82) is 0 Å². The van der Waals surface area contributed by atoms with Crippen molar-refractivity contribution < 1.29 is 28.6 Å². The number of unbranched alkanes of at least 4 members (excludes halogenated alkanes) is 1. The van der Waals surface area contributed by atoms with Crippen molar-refractivity contribution in [2.75, 3.05) is 51.5 Å². The van der Waals surface area contributed by atoms with Crippen LogP contribution in [0.25, 0.3) is 0 Å². The Bertz CT molecular complexity index is 464. The van der Waals surface area contributed by atoms with E-state index in [0.717, 1.165) is 0 Å². The monoisotopic (exact) mass is 479 g/mol. The normalized spacial score (nSPS) is 11.4. The lowest BCUT2D eigenvalue weighted by Crippen LogP contribution is -2.47. The Labute approximate surface area is 183 Å². The minimum atomic E-state index is -0.482. The number of halogens is 1. The topological polar surface area (TPSA) is 90.9 Å². The maximum atomic E-state index is 12.2. The number of Topliss-reactive ketones (excluding diaryl/α,β-unsaturated/α-hetero) is 2. The highest BCUT2D eigenvalue weighted by atomic mass is 79.9. The van der Waals surface area contributed by atoms with Crippen molar-refractivity contribution in [2.24, 2.45) is 5.41 Å². The van der Waals surface area contributed by atoms with E-state index in [1.165, 1.54) is 0 Å². The second-order valence-electron chi connectivity index (χ2n) is 7.29. The molecule has 29 heavy (non-hydrogen) atoms. The Hall–Kier alpha value is -0.830. The molecule has 0 unspecified atom stereocenters. The second-order valence-corrected chi connectivity index (χ2v) is 7.85. The van der Waals surface area contributed by atoms with Crippen molar-refractivity contribution in [3.8, 4) is 0 Å². The van der Waals surface area contributed by atoms with Crippen LogP contribution in [0.4, 0.5) is 0 Å². The van der Waals surface area contributed by atoms with Crippen LogP contribution in [0, 0.1) is 5.41 Å². The molecule has 0 atom stereocenters. The molecule has 0 aliphatic heterocycles. The van der Waals surface area contributed by atoms with Crippen LogP contribution in [0.15, 0.2) is 0 Å². The van der Waals surface area contributed by atoms with E-state index in [2.05, 4.69) is 21.2 Å². The summed E-state index contributed by atoms with van der Waals surface area (Å²) in [5.74, 6) is 0.249. The van der Waals surface area contributed by atoms with E-state index < -0.39 is 5.41 Å². The van der Waals surface area contributed by atoms with Gasteiger partial charge in [0.05, 0.1) is 30.6 Å². The number of hydrogen-bond donors (Lipinski definition) is 1. The van der Waals surface area contributed by atoms with E-state index >= 15 is 0 Å². The molecule has 0 aliphatic rings. The summed E-state index contributed by atoms with van der Waals surface area (Å²) in [5, 5.41) is 3.34. The third kappa shape index (κ3) is 15.6. The molecule has 8 heteroatoms. The Morgan fingerprint density at radius 1 is 0.862 bits per heavy atom. The Balaban J connectivity index is 4.60. The number of carbonyl (C=O) groups excluding carboxylic acids is 3. The first-order valence-corrected chi connectivity index (χ1v) is 11.6. The Morgan fingerprint density at radius 2 is 1.45 bits per heavy atom. The van der Waals surface area contributed by atoms with E-state index in [9.17, 15) is 14.4 Å². The van der Waals surface area contributed by atoms with Crippen LogP contribution in [0.3, 0.4) is 0 Å². The standard InChI is InChI=1S/C21H38BrNO6/c1-4-27-15-21(16-28-5-2,17-29-12-8-9-18(3)24)14-23-20(26)11-7-6-10-19(25)13-22/h4-17H2,1-3H3,(H,23,26). The number of nitrogens with one attached hydrogen (secondary N) is 1. The van der Waals surface area contributed by atoms with Gasteiger partial charge in [-0.25, -0.2) is 0 Å². The predicted octanol–water partition coefficient (Wildman–Crippen LogP) is 3.07. The molecule has 0 spiro atoms. The van der Waals surface area contributed by atoms with Gasteiger partial charge in [0.25, 0.3) is 0 Å². The molecule has 0 bridgehead atoms. The van der Waals surface area contributed by atoms with Crippen molar-refractivity contribution >= 4 is 33.4 Å². The summed E-state index contributed by atoms with van der Waals surface area (Å²) in [7, 11) is 0. The molecule has 0 aromatic heterocycles. The lowest BCUT2D eigenvalue weighted by atomic mass is 9.90. The van der Waals surface area contributed by atoms with Gasteiger partial charge in [-0.1, -0.05) is 15.9 Å². The smallest absolute Gasteiger partial charge is 0.220 e. The molecule has 0 heterocycles. The molecule has 0 aromatic carbocycles. The highest BCUT2D eigenvalue weighted by Crippen LogP contribution is 2.19. The second kappa shape index (κ2) is 18.0. The van der Waals surface area contributed by atoms with E-state index in [-0.39, 0.29) is 17.5 Å². The van der Waals surface area contributed by atoms with Gasteiger partial charge in [-0.05, 0) is 40.0 Å². The summed E-state index contributed by atoms with van der Waals surface area (Å²) < 4.78 is 17.1. The predicted molar refractivity (Wildman–Crippen MR) is 116 cm³/mol. The van der Waals surface area contributed by atoms with Crippen LogP contribution in [-0.2, 0) is 28.6 Å². The van der Waals surface area contributed by atoms with Crippen molar-refractivity contribution in [3.05, 3.63) is 0 Å². The van der Waals surface area contributed by atoms with Crippen LogP contribution < -0.4 is 5.32 Å². The van der Waals surface area contributed by atoms with Gasteiger partial charge >= 0.3 is 0 Å². The van der Waals surface area contributed by atoms with Crippen LogP contribution in [0.5, 0.6) is 0 Å². The highest BCUT2D eigenvalue weighted by Gasteiger charge is 2.32. The summed E-state index contributed by atoms with van der Waals surface area (Å²) in [6, 6.07) is 0. The van der Waals surface area contributed by atoms with Gasteiger partial charge in [-0.2, -0.15) is 0 Å². The zero-order chi connectivity index (χ0) is 22.0. The van der Waals surface area contributed by atoms with Gasteiger partial charge < -0.3 is 24.3 Å². The molecule has 1 amide bonds. The summed E-state index contributed by atoms with van der Waals surface area (Å²) in [6.07, 6.45) is 3.43. The molecule has 0 fully saturated rings. The number of ketones is 2. The average molecular weight is 480 g/mol. The fourth-order valence-electron chi connectivity index (χ4n) is 2.68. The molecule has 0 saturated carbocycles. The Kier molecular flexibility index (Phi) is 17.5. The minimum absolute atomic E-state index is 0.0507. The first-order valence-electron chi connectivity index (χ1n) is 10.5. The molecule has 0 rings (SSSR count). The highest BCUT2D eigenvalue weighted by molar-refractivity contribution is 9.09. The zero-order valence-corrected chi connectivity index (χ0v) is 19.8. The van der Waals surface area contributed by atoms with Gasteiger partial charge in [0.1, 0.15) is 11.6 Å². The van der Waals surface area contributed by atoms with Gasteiger partial charge in [0.15, 0.2) is 0 Å². The molecule has 170 valence electrons. The van der Waals surface area contributed by atoms with Crippen molar-refractivity contribution in [3.63, 3.8) is 0 Å².